The molecule has 0 unspecified atom stereocenters. The maximum Gasteiger partial charge on any atom is 0.263 e. The van der Waals surface area contributed by atoms with E-state index in [1.165, 1.54) is 22.1 Å². The number of likely N-dealkylation sites (tertiary alicyclic amines) is 1. The highest BCUT2D eigenvalue weighted by Crippen LogP contribution is 2.28. The van der Waals surface area contributed by atoms with Gasteiger partial charge in [-0.05, 0) is 35.7 Å². The molecule has 1 fully saturated rings. The topological polar surface area (TPSA) is 33.2 Å². The van der Waals surface area contributed by atoms with Crippen LogP contribution in [0.25, 0.3) is 10.8 Å². The second-order valence-corrected chi connectivity index (χ2v) is 6.97. The van der Waals surface area contributed by atoms with Crippen molar-refractivity contribution in [2.24, 2.45) is 0 Å². The summed E-state index contributed by atoms with van der Waals surface area (Å²) in [6.07, 6.45) is 4.08. The van der Waals surface area contributed by atoms with Crippen LogP contribution in [0.5, 0.6) is 0 Å². The molecule has 4 heteroatoms. The van der Waals surface area contributed by atoms with Gasteiger partial charge in [0.05, 0.1) is 4.88 Å². The lowest BCUT2D eigenvalue weighted by atomic mass is 9.93. The van der Waals surface area contributed by atoms with Gasteiger partial charge in [0, 0.05) is 36.3 Å². The highest BCUT2D eigenvalue weighted by molar-refractivity contribution is 7.12. The standard InChI is InChI=1S/C19H18N2OS/c22-19(18-8-4-10-23-18)21-9-3-7-16(13-21)17-11-14-5-1-2-6-15(14)12-20-17/h1-2,4-6,8,10-12,16H,3,7,9,13H2/t16-/m1/s1. The molecule has 0 radical (unpaired) electrons. The number of carbonyl (C=O) groups is 1. The van der Waals surface area contributed by atoms with Crippen LogP contribution in [-0.4, -0.2) is 28.9 Å². The Hall–Kier alpha value is -2.20. The fourth-order valence-electron chi connectivity index (χ4n) is 3.28. The molecule has 2 aromatic heterocycles. The van der Waals surface area contributed by atoms with Crippen molar-refractivity contribution in [1.29, 1.82) is 0 Å². The van der Waals surface area contributed by atoms with E-state index in [0.29, 0.717) is 5.92 Å². The Bertz CT molecular complexity index is 828. The molecule has 0 aliphatic carbocycles. The first-order valence-corrected chi connectivity index (χ1v) is 8.87. The fourth-order valence-corrected chi connectivity index (χ4v) is 3.97. The third kappa shape index (κ3) is 2.86. The largest absolute Gasteiger partial charge is 0.337 e. The van der Waals surface area contributed by atoms with Crippen LogP contribution >= 0.6 is 11.3 Å². The van der Waals surface area contributed by atoms with Crippen LogP contribution in [0.4, 0.5) is 0 Å². The van der Waals surface area contributed by atoms with Crippen molar-refractivity contribution in [3.05, 3.63) is 64.6 Å². The molecular formula is C19H18N2OS. The Morgan fingerprint density at radius 1 is 1.17 bits per heavy atom. The number of aromatic nitrogens is 1. The van der Waals surface area contributed by atoms with Crippen LogP contribution in [0.3, 0.4) is 0 Å². The van der Waals surface area contributed by atoms with Crippen LogP contribution in [0.1, 0.15) is 34.1 Å². The van der Waals surface area contributed by atoms with Gasteiger partial charge >= 0.3 is 0 Å². The summed E-state index contributed by atoms with van der Waals surface area (Å²) >= 11 is 1.52. The Balaban J connectivity index is 1.57. The lowest BCUT2D eigenvalue weighted by Gasteiger charge is -2.32. The van der Waals surface area contributed by atoms with Crippen molar-refractivity contribution < 1.29 is 4.79 Å². The minimum atomic E-state index is 0.158. The van der Waals surface area contributed by atoms with Crippen LogP contribution in [0.2, 0.25) is 0 Å². The Kier molecular flexibility index (Phi) is 3.83. The predicted molar refractivity (Wildman–Crippen MR) is 93.9 cm³/mol. The SMILES string of the molecule is O=C(c1cccs1)N1CCC[C@@H](c2cc3ccccc3cn2)C1. The zero-order valence-electron chi connectivity index (χ0n) is 12.8. The normalized spacial score (nSPS) is 18.3. The predicted octanol–water partition coefficient (Wildman–Crippen LogP) is 4.32. The lowest BCUT2D eigenvalue weighted by molar-refractivity contribution is 0.0711. The zero-order valence-corrected chi connectivity index (χ0v) is 13.6. The van der Waals surface area contributed by atoms with E-state index >= 15 is 0 Å². The first kappa shape index (κ1) is 14.4. The van der Waals surface area contributed by atoms with Gasteiger partial charge in [-0.2, -0.15) is 0 Å². The number of rotatable bonds is 2. The Morgan fingerprint density at radius 2 is 2.04 bits per heavy atom. The third-order valence-electron chi connectivity index (χ3n) is 4.51. The van der Waals surface area contributed by atoms with Crippen LogP contribution in [0, 0.1) is 0 Å². The molecule has 0 bridgehead atoms. The molecule has 1 amide bonds. The molecule has 3 aromatic rings. The van der Waals surface area contributed by atoms with Crippen LogP contribution in [-0.2, 0) is 0 Å². The van der Waals surface area contributed by atoms with Crippen molar-refractivity contribution in [2.75, 3.05) is 13.1 Å². The summed E-state index contributed by atoms with van der Waals surface area (Å²) in [6, 6.07) is 14.3. The molecule has 1 aromatic carbocycles. The van der Waals surface area contributed by atoms with Gasteiger partial charge in [-0.25, -0.2) is 0 Å². The highest BCUT2D eigenvalue weighted by Gasteiger charge is 2.26. The first-order chi connectivity index (χ1) is 11.3. The number of hydrogen-bond acceptors (Lipinski definition) is 3. The van der Waals surface area contributed by atoms with Crippen LogP contribution < -0.4 is 0 Å². The molecule has 23 heavy (non-hydrogen) atoms. The highest BCUT2D eigenvalue weighted by atomic mass is 32.1. The maximum atomic E-state index is 12.6. The van der Waals surface area contributed by atoms with Crippen LogP contribution in [0.15, 0.2) is 54.0 Å². The molecular weight excluding hydrogens is 304 g/mol. The van der Waals surface area contributed by atoms with Gasteiger partial charge < -0.3 is 4.90 Å². The molecule has 0 saturated carbocycles. The quantitative estimate of drug-likeness (QED) is 0.704. The number of pyridine rings is 1. The maximum absolute atomic E-state index is 12.6. The molecule has 1 atom stereocenters. The number of nitrogens with zero attached hydrogens (tertiary/aromatic N) is 2. The average Bonchev–Trinajstić information content (AvgIpc) is 3.15. The van der Waals surface area contributed by atoms with E-state index in [1.807, 2.05) is 34.7 Å². The molecule has 116 valence electrons. The van der Waals surface area contributed by atoms with E-state index in [9.17, 15) is 4.79 Å². The smallest absolute Gasteiger partial charge is 0.263 e. The molecule has 0 N–H and O–H groups in total. The molecule has 4 rings (SSSR count). The average molecular weight is 322 g/mol. The van der Waals surface area contributed by atoms with E-state index in [4.69, 9.17) is 0 Å². The number of fused-ring (bicyclic) bond motifs is 1. The van der Waals surface area contributed by atoms with Gasteiger partial charge in [-0.15, -0.1) is 11.3 Å². The number of carbonyl (C=O) groups excluding carboxylic acids is 1. The molecule has 1 saturated heterocycles. The molecule has 1 aliphatic rings. The molecule has 0 spiro atoms. The van der Waals surface area contributed by atoms with Gasteiger partial charge in [0.1, 0.15) is 0 Å². The summed E-state index contributed by atoms with van der Waals surface area (Å²) in [6.45, 7) is 1.61. The fraction of sp³-hybridized carbons (Fsp3) is 0.263. The van der Waals surface area contributed by atoms with Crippen molar-refractivity contribution in [3.63, 3.8) is 0 Å². The number of amides is 1. The first-order valence-electron chi connectivity index (χ1n) is 7.99. The van der Waals surface area contributed by atoms with Crippen molar-refractivity contribution >= 4 is 28.0 Å². The van der Waals surface area contributed by atoms with Gasteiger partial charge in [0.2, 0.25) is 0 Å². The number of thiophene rings is 1. The zero-order chi connectivity index (χ0) is 15.6. The second-order valence-electron chi connectivity index (χ2n) is 6.02. The summed E-state index contributed by atoms with van der Waals surface area (Å²) in [5, 5.41) is 4.34. The summed E-state index contributed by atoms with van der Waals surface area (Å²) in [7, 11) is 0. The summed E-state index contributed by atoms with van der Waals surface area (Å²) < 4.78 is 0. The number of piperidine rings is 1. The second kappa shape index (κ2) is 6.13. The van der Waals surface area contributed by atoms with E-state index < -0.39 is 0 Å². The van der Waals surface area contributed by atoms with Gasteiger partial charge in [0.25, 0.3) is 5.91 Å². The van der Waals surface area contributed by atoms with Crippen molar-refractivity contribution in [1.82, 2.24) is 9.88 Å². The summed E-state index contributed by atoms with van der Waals surface area (Å²) in [5.41, 5.74) is 1.10. The van der Waals surface area contributed by atoms with E-state index in [-0.39, 0.29) is 5.91 Å². The minimum Gasteiger partial charge on any atom is -0.337 e. The van der Waals surface area contributed by atoms with Gasteiger partial charge in [-0.3, -0.25) is 9.78 Å². The molecule has 1 aliphatic heterocycles. The summed E-state index contributed by atoms with van der Waals surface area (Å²) in [4.78, 5) is 20.0. The number of hydrogen-bond donors (Lipinski definition) is 0. The van der Waals surface area contributed by atoms with E-state index in [1.54, 1.807) is 0 Å². The summed E-state index contributed by atoms with van der Waals surface area (Å²) in [5.74, 6) is 0.489. The monoisotopic (exact) mass is 322 g/mol. The van der Waals surface area contributed by atoms with Gasteiger partial charge in [-0.1, -0.05) is 30.3 Å². The third-order valence-corrected chi connectivity index (χ3v) is 5.37. The van der Waals surface area contributed by atoms with Gasteiger partial charge in [0.15, 0.2) is 0 Å². The molecule has 3 heterocycles. The van der Waals surface area contributed by atoms with Crippen molar-refractivity contribution in [2.45, 2.75) is 18.8 Å². The Morgan fingerprint density at radius 3 is 2.87 bits per heavy atom. The molecule has 3 nitrogen and oxygen atoms in total. The Labute approximate surface area is 139 Å². The number of benzene rings is 1. The minimum absolute atomic E-state index is 0.158. The lowest BCUT2D eigenvalue weighted by Crippen LogP contribution is -2.39. The van der Waals surface area contributed by atoms with E-state index in [0.717, 1.165) is 36.5 Å². The van der Waals surface area contributed by atoms with E-state index in [2.05, 4.69) is 29.2 Å². The van der Waals surface area contributed by atoms with Crippen molar-refractivity contribution in [3.8, 4) is 0 Å².